The summed E-state index contributed by atoms with van der Waals surface area (Å²) in [4.78, 5) is 2.14. The Bertz CT molecular complexity index is 709. The summed E-state index contributed by atoms with van der Waals surface area (Å²) in [5.74, 6) is 0.984. The Hall–Kier alpha value is -1.84. The molecule has 1 aliphatic rings. The predicted octanol–water partition coefficient (Wildman–Crippen LogP) is 3.48. The SMILES string of the molecule is Cc1cccc(C2NCCc3cc(OCCN(C)C)ccc32)c1C. The van der Waals surface area contributed by atoms with E-state index in [2.05, 4.69) is 74.6 Å². The number of hydrogen-bond donors (Lipinski definition) is 1. The van der Waals surface area contributed by atoms with Crippen LogP contribution in [0.15, 0.2) is 36.4 Å². The molecule has 0 aliphatic carbocycles. The van der Waals surface area contributed by atoms with E-state index >= 15 is 0 Å². The van der Waals surface area contributed by atoms with E-state index < -0.39 is 0 Å². The van der Waals surface area contributed by atoms with Gasteiger partial charge in [-0.3, -0.25) is 0 Å². The van der Waals surface area contributed by atoms with Crippen LogP contribution in [0.25, 0.3) is 0 Å². The highest BCUT2D eigenvalue weighted by Gasteiger charge is 2.23. The van der Waals surface area contributed by atoms with Gasteiger partial charge in [0, 0.05) is 13.1 Å². The molecule has 0 bridgehead atoms. The zero-order valence-corrected chi connectivity index (χ0v) is 15.2. The Morgan fingerprint density at radius 1 is 1.12 bits per heavy atom. The zero-order chi connectivity index (χ0) is 17.1. The van der Waals surface area contributed by atoms with Gasteiger partial charge < -0.3 is 15.0 Å². The second-order valence-electron chi connectivity index (χ2n) is 6.94. The topological polar surface area (TPSA) is 24.5 Å². The fourth-order valence-corrected chi connectivity index (χ4v) is 3.34. The fourth-order valence-electron chi connectivity index (χ4n) is 3.34. The van der Waals surface area contributed by atoms with Crippen molar-refractivity contribution in [3.8, 4) is 5.75 Å². The van der Waals surface area contributed by atoms with E-state index in [1.165, 1.54) is 27.8 Å². The maximum Gasteiger partial charge on any atom is 0.119 e. The van der Waals surface area contributed by atoms with Gasteiger partial charge in [-0.05, 0) is 74.3 Å². The number of nitrogens with zero attached hydrogens (tertiary/aromatic N) is 1. The number of nitrogens with one attached hydrogen (secondary N) is 1. The van der Waals surface area contributed by atoms with Gasteiger partial charge in [0.05, 0.1) is 6.04 Å². The van der Waals surface area contributed by atoms with Crippen LogP contribution < -0.4 is 10.1 Å². The lowest BCUT2D eigenvalue weighted by molar-refractivity contribution is 0.261. The van der Waals surface area contributed by atoms with Crippen LogP contribution >= 0.6 is 0 Å². The van der Waals surface area contributed by atoms with Crippen LogP contribution in [0.2, 0.25) is 0 Å². The molecule has 0 fully saturated rings. The molecule has 2 aromatic carbocycles. The zero-order valence-electron chi connectivity index (χ0n) is 15.2. The molecule has 0 radical (unpaired) electrons. The molecule has 1 aliphatic heterocycles. The highest BCUT2D eigenvalue weighted by Crippen LogP contribution is 2.33. The first-order chi connectivity index (χ1) is 11.6. The number of rotatable bonds is 5. The van der Waals surface area contributed by atoms with E-state index in [0.717, 1.165) is 31.9 Å². The molecule has 128 valence electrons. The van der Waals surface area contributed by atoms with Crippen LogP contribution in [0.5, 0.6) is 5.75 Å². The molecule has 1 atom stereocenters. The Morgan fingerprint density at radius 2 is 1.96 bits per heavy atom. The van der Waals surface area contributed by atoms with E-state index in [0.29, 0.717) is 0 Å². The lowest BCUT2D eigenvalue weighted by atomic mass is 9.87. The lowest BCUT2D eigenvalue weighted by Gasteiger charge is -2.29. The van der Waals surface area contributed by atoms with Gasteiger partial charge in [-0.2, -0.15) is 0 Å². The summed E-state index contributed by atoms with van der Waals surface area (Å²) >= 11 is 0. The molecule has 1 heterocycles. The number of aryl methyl sites for hydroxylation is 1. The Morgan fingerprint density at radius 3 is 2.75 bits per heavy atom. The van der Waals surface area contributed by atoms with Gasteiger partial charge in [-0.25, -0.2) is 0 Å². The van der Waals surface area contributed by atoms with Crippen LogP contribution in [0.1, 0.15) is 33.9 Å². The first-order valence-electron chi connectivity index (χ1n) is 8.76. The molecular formula is C21H28N2O. The standard InChI is InChI=1S/C21H28N2O/c1-15-6-5-7-19(16(15)2)21-20-9-8-18(24-13-12-23(3)4)14-17(20)10-11-22-21/h5-9,14,21-22H,10-13H2,1-4H3. The highest BCUT2D eigenvalue weighted by molar-refractivity contribution is 5.46. The van der Waals surface area contributed by atoms with Crippen molar-refractivity contribution in [3.05, 3.63) is 64.2 Å². The Labute approximate surface area is 145 Å². The van der Waals surface area contributed by atoms with E-state index in [1.807, 2.05) is 0 Å². The van der Waals surface area contributed by atoms with Crippen molar-refractivity contribution in [2.75, 3.05) is 33.8 Å². The second kappa shape index (κ2) is 7.37. The van der Waals surface area contributed by atoms with Gasteiger partial charge in [-0.1, -0.05) is 24.3 Å². The van der Waals surface area contributed by atoms with E-state index in [9.17, 15) is 0 Å². The van der Waals surface area contributed by atoms with Crippen molar-refractivity contribution in [1.29, 1.82) is 0 Å². The van der Waals surface area contributed by atoms with E-state index in [-0.39, 0.29) is 6.04 Å². The summed E-state index contributed by atoms with van der Waals surface area (Å²) in [5.41, 5.74) is 6.91. The molecule has 3 heteroatoms. The third kappa shape index (κ3) is 3.63. The summed E-state index contributed by atoms with van der Waals surface area (Å²) in [6, 6.07) is 13.4. The van der Waals surface area contributed by atoms with E-state index in [4.69, 9.17) is 4.74 Å². The number of fused-ring (bicyclic) bond motifs is 1. The number of benzene rings is 2. The van der Waals surface area contributed by atoms with Crippen LogP contribution in [0.4, 0.5) is 0 Å². The molecule has 0 saturated carbocycles. The molecule has 0 spiro atoms. The molecule has 3 rings (SSSR count). The average molecular weight is 324 g/mol. The number of likely N-dealkylation sites (N-methyl/N-ethyl adjacent to an activating group) is 1. The van der Waals surface area contributed by atoms with Gasteiger partial charge in [0.2, 0.25) is 0 Å². The first kappa shape index (κ1) is 17.0. The smallest absolute Gasteiger partial charge is 0.119 e. The predicted molar refractivity (Wildman–Crippen MR) is 100.0 cm³/mol. The molecule has 3 nitrogen and oxygen atoms in total. The number of ether oxygens (including phenoxy) is 1. The molecule has 0 saturated heterocycles. The minimum Gasteiger partial charge on any atom is -0.492 e. The van der Waals surface area contributed by atoms with Crippen molar-refractivity contribution in [1.82, 2.24) is 10.2 Å². The van der Waals surface area contributed by atoms with Crippen molar-refractivity contribution in [3.63, 3.8) is 0 Å². The van der Waals surface area contributed by atoms with Crippen molar-refractivity contribution < 1.29 is 4.74 Å². The third-order valence-electron chi connectivity index (χ3n) is 4.93. The molecule has 0 amide bonds. The molecule has 0 aromatic heterocycles. The third-order valence-corrected chi connectivity index (χ3v) is 4.93. The Kier molecular flexibility index (Phi) is 5.22. The van der Waals surface area contributed by atoms with Crippen LogP contribution in [-0.2, 0) is 6.42 Å². The summed E-state index contributed by atoms with van der Waals surface area (Å²) in [6.07, 6.45) is 1.06. The van der Waals surface area contributed by atoms with Crippen LogP contribution in [0.3, 0.4) is 0 Å². The normalized spacial score (nSPS) is 17.0. The van der Waals surface area contributed by atoms with Crippen molar-refractivity contribution in [2.24, 2.45) is 0 Å². The lowest BCUT2D eigenvalue weighted by Crippen LogP contribution is -2.31. The largest absolute Gasteiger partial charge is 0.492 e. The number of hydrogen-bond acceptors (Lipinski definition) is 3. The van der Waals surface area contributed by atoms with Gasteiger partial charge in [-0.15, -0.1) is 0 Å². The minimum absolute atomic E-state index is 0.282. The van der Waals surface area contributed by atoms with Gasteiger partial charge in [0.15, 0.2) is 0 Å². The van der Waals surface area contributed by atoms with Crippen molar-refractivity contribution in [2.45, 2.75) is 26.3 Å². The van der Waals surface area contributed by atoms with Crippen molar-refractivity contribution >= 4 is 0 Å². The van der Waals surface area contributed by atoms with Gasteiger partial charge in [0.1, 0.15) is 12.4 Å². The maximum atomic E-state index is 5.90. The quantitative estimate of drug-likeness (QED) is 0.911. The maximum absolute atomic E-state index is 5.90. The minimum atomic E-state index is 0.282. The summed E-state index contributed by atoms with van der Waals surface area (Å²) < 4.78 is 5.90. The van der Waals surface area contributed by atoms with Crippen LogP contribution in [0, 0.1) is 13.8 Å². The van der Waals surface area contributed by atoms with Gasteiger partial charge in [0.25, 0.3) is 0 Å². The van der Waals surface area contributed by atoms with Gasteiger partial charge >= 0.3 is 0 Å². The molecule has 1 unspecified atom stereocenters. The molecule has 2 aromatic rings. The van der Waals surface area contributed by atoms with Crippen LogP contribution in [-0.4, -0.2) is 38.7 Å². The Balaban J connectivity index is 1.84. The monoisotopic (exact) mass is 324 g/mol. The molecule has 24 heavy (non-hydrogen) atoms. The first-order valence-corrected chi connectivity index (χ1v) is 8.76. The second-order valence-corrected chi connectivity index (χ2v) is 6.94. The van der Waals surface area contributed by atoms with E-state index in [1.54, 1.807) is 0 Å². The highest BCUT2D eigenvalue weighted by atomic mass is 16.5. The summed E-state index contributed by atoms with van der Waals surface area (Å²) in [7, 11) is 4.13. The summed E-state index contributed by atoms with van der Waals surface area (Å²) in [5, 5.41) is 3.69. The molecule has 1 N–H and O–H groups in total. The summed E-state index contributed by atoms with van der Waals surface area (Å²) in [6.45, 7) is 7.07. The average Bonchev–Trinajstić information content (AvgIpc) is 2.56. The molecular weight excluding hydrogens is 296 g/mol. The fraction of sp³-hybridized carbons (Fsp3) is 0.429.